The summed E-state index contributed by atoms with van der Waals surface area (Å²) in [6, 6.07) is 4.31. The lowest BCUT2D eigenvalue weighted by Crippen LogP contribution is -2.50. The van der Waals surface area contributed by atoms with Crippen molar-refractivity contribution in [2.45, 2.75) is 26.3 Å². The predicted molar refractivity (Wildman–Crippen MR) is 89.0 cm³/mol. The third-order valence-corrected chi connectivity index (χ3v) is 4.69. The molecule has 6 nitrogen and oxygen atoms in total. The minimum Gasteiger partial charge on any atom is -0.346 e. The molecule has 3 rings (SSSR count). The van der Waals surface area contributed by atoms with Crippen molar-refractivity contribution in [2.24, 2.45) is 5.92 Å². The summed E-state index contributed by atoms with van der Waals surface area (Å²) in [7, 11) is 0. The molecule has 0 bridgehead atoms. The van der Waals surface area contributed by atoms with Crippen LogP contribution < -0.4 is 10.6 Å². The van der Waals surface area contributed by atoms with E-state index < -0.39 is 5.82 Å². The Kier molecular flexibility index (Phi) is 4.82. The second kappa shape index (κ2) is 6.86. The number of nitrogens with zero attached hydrogens (tertiary/aromatic N) is 3. The molecule has 2 N–H and O–H groups in total. The van der Waals surface area contributed by atoms with Crippen LogP contribution in [0.4, 0.5) is 4.39 Å². The van der Waals surface area contributed by atoms with Crippen LogP contribution in [0.25, 0.3) is 5.69 Å². The third-order valence-electron chi connectivity index (χ3n) is 4.40. The second-order valence-corrected chi connectivity index (χ2v) is 6.49. The second-order valence-electron chi connectivity index (χ2n) is 6.08. The highest BCUT2D eigenvalue weighted by atomic mass is 35.5. The normalized spacial score (nSPS) is 20.8. The van der Waals surface area contributed by atoms with E-state index in [1.54, 1.807) is 6.92 Å². The van der Waals surface area contributed by atoms with Gasteiger partial charge in [-0.25, -0.2) is 9.07 Å². The van der Waals surface area contributed by atoms with E-state index in [1.165, 1.54) is 22.9 Å². The van der Waals surface area contributed by atoms with Crippen LogP contribution in [0, 0.1) is 18.7 Å². The fraction of sp³-hybridized carbons (Fsp3) is 0.438. The molecule has 1 amide bonds. The summed E-state index contributed by atoms with van der Waals surface area (Å²) in [4.78, 5) is 12.5. The molecule has 1 fully saturated rings. The quantitative estimate of drug-likeness (QED) is 0.888. The van der Waals surface area contributed by atoms with Crippen LogP contribution in [0.5, 0.6) is 0 Å². The van der Waals surface area contributed by atoms with Gasteiger partial charge in [0.1, 0.15) is 5.82 Å². The summed E-state index contributed by atoms with van der Waals surface area (Å²) in [6.07, 6.45) is 1.02. The fourth-order valence-corrected chi connectivity index (χ4v) is 3.00. The Morgan fingerprint density at radius 3 is 3.00 bits per heavy atom. The van der Waals surface area contributed by atoms with Crippen LogP contribution in [0.2, 0.25) is 5.02 Å². The zero-order chi connectivity index (χ0) is 17.3. The molecule has 128 valence electrons. The summed E-state index contributed by atoms with van der Waals surface area (Å²) in [5.41, 5.74) is 1.39. The zero-order valence-corrected chi connectivity index (χ0v) is 14.3. The molecule has 1 aliphatic rings. The van der Waals surface area contributed by atoms with Crippen LogP contribution >= 0.6 is 11.6 Å². The SMILES string of the molecule is Cc1c(C(=O)NC2CNCCC2C)nnn1-c1ccc(F)c(Cl)c1. The summed E-state index contributed by atoms with van der Waals surface area (Å²) >= 11 is 5.81. The fourth-order valence-electron chi connectivity index (χ4n) is 2.82. The Morgan fingerprint density at radius 2 is 2.29 bits per heavy atom. The number of nitrogens with one attached hydrogen (secondary N) is 2. The van der Waals surface area contributed by atoms with Crippen molar-refractivity contribution < 1.29 is 9.18 Å². The van der Waals surface area contributed by atoms with E-state index in [-0.39, 0.29) is 22.7 Å². The number of hydrogen-bond acceptors (Lipinski definition) is 4. The third kappa shape index (κ3) is 3.27. The van der Waals surface area contributed by atoms with Crippen molar-refractivity contribution in [3.63, 3.8) is 0 Å². The highest BCUT2D eigenvalue weighted by Gasteiger charge is 2.25. The van der Waals surface area contributed by atoms with Gasteiger partial charge in [0.2, 0.25) is 0 Å². The summed E-state index contributed by atoms with van der Waals surface area (Å²) in [5.74, 6) is -0.357. The van der Waals surface area contributed by atoms with Crippen molar-refractivity contribution >= 4 is 17.5 Å². The molecule has 2 aromatic rings. The van der Waals surface area contributed by atoms with E-state index in [1.807, 2.05) is 0 Å². The van der Waals surface area contributed by atoms with Crippen molar-refractivity contribution in [3.8, 4) is 5.69 Å². The molecule has 2 atom stereocenters. The molecule has 1 aromatic carbocycles. The van der Waals surface area contributed by atoms with Crippen molar-refractivity contribution in [2.75, 3.05) is 13.1 Å². The monoisotopic (exact) mass is 351 g/mol. The lowest BCUT2D eigenvalue weighted by atomic mass is 9.95. The molecule has 0 aliphatic carbocycles. The minimum absolute atomic E-state index is 0.00416. The van der Waals surface area contributed by atoms with Crippen LogP contribution in [0.1, 0.15) is 29.5 Å². The van der Waals surface area contributed by atoms with E-state index in [2.05, 4.69) is 27.9 Å². The Labute approximate surface area is 144 Å². The molecule has 0 radical (unpaired) electrons. The number of benzene rings is 1. The standard InChI is InChI=1S/C16H19ClFN5O/c1-9-5-6-19-8-14(9)20-16(24)15-10(2)23(22-21-15)11-3-4-13(18)12(17)7-11/h3-4,7,9,14,19H,5-6,8H2,1-2H3,(H,20,24). The number of carbonyl (C=O) groups excluding carboxylic acids is 1. The maximum atomic E-state index is 13.3. The number of hydrogen-bond donors (Lipinski definition) is 2. The van der Waals surface area contributed by atoms with Crippen LogP contribution in [-0.2, 0) is 0 Å². The van der Waals surface area contributed by atoms with Gasteiger partial charge in [0.05, 0.1) is 16.4 Å². The van der Waals surface area contributed by atoms with Gasteiger partial charge in [-0.15, -0.1) is 5.10 Å². The van der Waals surface area contributed by atoms with Crippen molar-refractivity contribution in [3.05, 3.63) is 40.4 Å². The van der Waals surface area contributed by atoms with Crippen LogP contribution in [0.15, 0.2) is 18.2 Å². The summed E-state index contributed by atoms with van der Waals surface area (Å²) in [6.45, 7) is 5.58. The summed E-state index contributed by atoms with van der Waals surface area (Å²) < 4.78 is 14.8. The molecule has 8 heteroatoms. The van der Waals surface area contributed by atoms with Gasteiger partial charge in [-0.2, -0.15) is 0 Å². The van der Waals surface area contributed by atoms with Gasteiger partial charge in [0.25, 0.3) is 5.91 Å². The molecule has 2 unspecified atom stereocenters. The van der Waals surface area contributed by atoms with E-state index >= 15 is 0 Å². The lowest BCUT2D eigenvalue weighted by Gasteiger charge is -2.29. The molecular formula is C16H19ClFN5O. The van der Waals surface area contributed by atoms with Crippen LogP contribution in [0.3, 0.4) is 0 Å². The average molecular weight is 352 g/mol. The average Bonchev–Trinajstić information content (AvgIpc) is 2.94. The number of amides is 1. The van der Waals surface area contributed by atoms with Gasteiger partial charge in [-0.1, -0.05) is 23.7 Å². The molecule has 1 aliphatic heterocycles. The van der Waals surface area contributed by atoms with E-state index in [0.717, 1.165) is 19.5 Å². The highest BCUT2D eigenvalue weighted by molar-refractivity contribution is 6.30. The topological polar surface area (TPSA) is 71.8 Å². The Morgan fingerprint density at radius 1 is 1.50 bits per heavy atom. The smallest absolute Gasteiger partial charge is 0.274 e. The first-order valence-electron chi connectivity index (χ1n) is 7.86. The van der Waals surface area contributed by atoms with E-state index in [4.69, 9.17) is 11.6 Å². The summed E-state index contributed by atoms with van der Waals surface area (Å²) in [5, 5.41) is 14.3. The van der Waals surface area contributed by atoms with E-state index in [9.17, 15) is 9.18 Å². The molecule has 1 saturated heterocycles. The molecule has 0 saturated carbocycles. The highest BCUT2D eigenvalue weighted by Crippen LogP contribution is 2.20. The number of aromatic nitrogens is 3. The van der Waals surface area contributed by atoms with Crippen molar-refractivity contribution in [1.29, 1.82) is 0 Å². The number of piperidine rings is 1. The first-order chi connectivity index (χ1) is 11.5. The van der Waals surface area contributed by atoms with Crippen molar-refractivity contribution in [1.82, 2.24) is 25.6 Å². The van der Waals surface area contributed by atoms with Crippen LogP contribution in [-0.4, -0.2) is 40.0 Å². The van der Waals surface area contributed by atoms with E-state index in [0.29, 0.717) is 17.3 Å². The predicted octanol–water partition coefficient (Wildman–Crippen LogP) is 2.10. The first-order valence-corrected chi connectivity index (χ1v) is 8.24. The maximum absolute atomic E-state index is 13.3. The largest absolute Gasteiger partial charge is 0.346 e. The molecule has 24 heavy (non-hydrogen) atoms. The molecule has 2 heterocycles. The van der Waals surface area contributed by atoms with Gasteiger partial charge in [-0.3, -0.25) is 4.79 Å². The Balaban J connectivity index is 1.81. The maximum Gasteiger partial charge on any atom is 0.274 e. The molecule has 0 spiro atoms. The minimum atomic E-state index is -0.505. The number of halogens is 2. The Bertz CT molecular complexity index is 763. The zero-order valence-electron chi connectivity index (χ0n) is 13.5. The number of rotatable bonds is 3. The van der Waals surface area contributed by atoms with Gasteiger partial charge >= 0.3 is 0 Å². The molecular weight excluding hydrogens is 333 g/mol. The van der Waals surface area contributed by atoms with Gasteiger partial charge in [0.15, 0.2) is 5.69 Å². The van der Waals surface area contributed by atoms with Gasteiger partial charge in [-0.05, 0) is 44.0 Å². The lowest BCUT2D eigenvalue weighted by molar-refractivity contribution is 0.0909. The van der Waals surface area contributed by atoms with Gasteiger partial charge < -0.3 is 10.6 Å². The van der Waals surface area contributed by atoms with Gasteiger partial charge in [0, 0.05) is 12.6 Å². The Hall–Kier alpha value is -1.99. The number of carbonyl (C=O) groups is 1. The first kappa shape index (κ1) is 16.9. The molecule has 1 aromatic heterocycles.